The van der Waals surface area contributed by atoms with Crippen molar-refractivity contribution in [1.82, 2.24) is 0 Å². The fourth-order valence-electron chi connectivity index (χ4n) is 11.6. The molecule has 0 heterocycles. The maximum atomic E-state index is 11.9. The largest absolute Gasteiger partial charge is 0.295 e. The zero-order valence-electron chi connectivity index (χ0n) is 39.4. The Labute approximate surface area is 346 Å². The van der Waals surface area contributed by atoms with E-state index in [0.717, 1.165) is 0 Å². The number of ketones is 4. The molecule has 0 aliphatic heterocycles. The number of allylic oxidation sites excluding steroid dienone is 8. The van der Waals surface area contributed by atoms with Gasteiger partial charge in [-0.25, -0.2) is 0 Å². The Morgan fingerprint density at radius 2 is 0.518 bits per heavy atom. The van der Waals surface area contributed by atoms with Gasteiger partial charge < -0.3 is 0 Å². The summed E-state index contributed by atoms with van der Waals surface area (Å²) in [6.45, 7) is 34.4. The quantitative estimate of drug-likeness (QED) is 0.230. The highest BCUT2D eigenvalue weighted by molar-refractivity contribution is 5.94. The average Bonchev–Trinajstić information content (AvgIpc) is 3.04. The van der Waals surface area contributed by atoms with E-state index in [1.165, 1.54) is 77.0 Å². The van der Waals surface area contributed by atoms with E-state index in [-0.39, 0.29) is 45.3 Å². The molecule has 4 aliphatic rings. The highest BCUT2D eigenvalue weighted by atomic mass is 16.1. The summed E-state index contributed by atoms with van der Waals surface area (Å²) in [5, 5.41) is 0. The number of carbonyl (C=O) groups is 4. The maximum Gasteiger partial charge on any atom is 0.159 e. The summed E-state index contributed by atoms with van der Waals surface area (Å²) in [6, 6.07) is 0. The lowest BCUT2D eigenvalue weighted by atomic mass is 9.62. The van der Waals surface area contributed by atoms with Crippen molar-refractivity contribution in [2.24, 2.45) is 69.0 Å². The number of carbonyl (C=O) groups excluding carboxylic acids is 4. The lowest BCUT2D eigenvalue weighted by Crippen LogP contribution is -2.38. The minimum atomic E-state index is 0.189. The van der Waals surface area contributed by atoms with Gasteiger partial charge in [-0.05, 0) is 149 Å². The van der Waals surface area contributed by atoms with Crippen LogP contribution in [0.4, 0.5) is 0 Å². The Morgan fingerprint density at radius 1 is 0.357 bits per heavy atom. The van der Waals surface area contributed by atoms with Gasteiger partial charge in [0.2, 0.25) is 0 Å². The highest BCUT2D eigenvalue weighted by Gasteiger charge is 2.43. The second-order valence-electron chi connectivity index (χ2n) is 21.0. The molecule has 56 heavy (non-hydrogen) atoms. The summed E-state index contributed by atoms with van der Waals surface area (Å²) in [4.78, 5) is 47.7. The van der Waals surface area contributed by atoms with Crippen LogP contribution in [0.25, 0.3) is 0 Å². The molecule has 0 radical (unpaired) electrons. The first-order valence-corrected chi connectivity index (χ1v) is 22.6. The van der Waals surface area contributed by atoms with Gasteiger partial charge >= 0.3 is 0 Å². The molecule has 0 spiro atoms. The third-order valence-corrected chi connectivity index (χ3v) is 14.1. The minimum Gasteiger partial charge on any atom is -0.295 e. The molecule has 4 saturated carbocycles. The third kappa shape index (κ3) is 15.1. The predicted molar refractivity (Wildman–Crippen MR) is 240 cm³/mol. The lowest BCUT2D eigenvalue weighted by Gasteiger charge is -2.41. The van der Waals surface area contributed by atoms with Gasteiger partial charge in [0.05, 0.1) is 0 Å². The number of hydrogen-bond donors (Lipinski definition) is 0. The Balaban J connectivity index is 0.000000373. The van der Waals surface area contributed by atoms with E-state index in [1.807, 2.05) is 52.0 Å². The SMILES string of the molecule is CC=CC(=O)[C@@H]1[C@@H](C)CCCC1(C)C.CC=CC(=O)[C@@H]1[C@H](C)CCCC1(C)C.CC=CC(=O)[C@H]1[C@@H](C)CCCC1(C)C.CC=CC(=O)[C@H]1[C@H](C)CCCC1(C)C. The fraction of sp³-hybridized carbons (Fsp3) is 0.769. The van der Waals surface area contributed by atoms with E-state index in [0.29, 0.717) is 46.8 Å². The third-order valence-electron chi connectivity index (χ3n) is 14.1. The van der Waals surface area contributed by atoms with E-state index in [9.17, 15) is 19.2 Å². The van der Waals surface area contributed by atoms with Crippen molar-refractivity contribution in [3.05, 3.63) is 48.6 Å². The summed E-state index contributed by atoms with van der Waals surface area (Å²) in [7, 11) is 0. The summed E-state index contributed by atoms with van der Waals surface area (Å²) in [5.74, 6) is 4.39. The molecule has 0 aromatic heterocycles. The zero-order valence-corrected chi connectivity index (χ0v) is 39.4. The van der Waals surface area contributed by atoms with E-state index >= 15 is 0 Å². The van der Waals surface area contributed by atoms with Crippen LogP contribution in [0.15, 0.2) is 48.6 Å². The molecule has 4 rings (SSSR count). The van der Waals surface area contributed by atoms with Gasteiger partial charge in [0, 0.05) is 23.7 Å². The van der Waals surface area contributed by atoms with Crippen LogP contribution in [-0.2, 0) is 19.2 Å². The normalized spacial score (nSPS) is 32.0. The van der Waals surface area contributed by atoms with Crippen molar-refractivity contribution in [2.45, 2.75) is 188 Å². The van der Waals surface area contributed by atoms with Gasteiger partial charge in [0.1, 0.15) is 0 Å². The van der Waals surface area contributed by atoms with Crippen molar-refractivity contribution in [3.8, 4) is 0 Å². The minimum absolute atomic E-state index is 0.189. The number of rotatable bonds is 8. The summed E-state index contributed by atoms with van der Waals surface area (Å²) in [6.07, 6.45) is 29.1. The van der Waals surface area contributed by atoms with Gasteiger partial charge in [0.25, 0.3) is 0 Å². The molecular formula is C52H88O4. The molecule has 320 valence electrons. The molecule has 0 aromatic rings. The molecule has 0 unspecified atom stereocenters. The van der Waals surface area contributed by atoms with Gasteiger partial charge in [-0.15, -0.1) is 0 Å². The first-order valence-electron chi connectivity index (χ1n) is 22.6. The zero-order chi connectivity index (χ0) is 43.1. The van der Waals surface area contributed by atoms with Crippen LogP contribution in [0.1, 0.15) is 188 Å². The molecule has 0 aromatic carbocycles. The maximum absolute atomic E-state index is 11.9. The van der Waals surface area contributed by atoms with Crippen LogP contribution < -0.4 is 0 Å². The molecule has 0 bridgehead atoms. The van der Waals surface area contributed by atoms with Crippen molar-refractivity contribution in [1.29, 1.82) is 0 Å². The lowest BCUT2D eigenvalue weighted by molar-refractivity contribution is -0.126. The van der Waals surface area contributed by atoms with Gasteiger partial charge in [-0.3, -0.25) is 19.2 Å². The summed E-state index contributed by atoms with van der Waals surface area (Å²) in [5.41, 5.74) is 0.755. The van der Waals surface area contributed by atoms with E-state index in [1.54, 1.807) is 24.3 Å². The Bertz CT molecular complexity index is 1160. The molecule has 4 heteroatoms. The van der Waals surface area contributed by atoms with Gasteiger partial charge in [-0.1, -0.05) is 133 Å². The average molecular weight is 777 g/mol. The molecule has 0 N–H and O–H groups in total. The molecule has 4 nitrogen and oxygen atoms in total. The molecular weight excluding hydrogens is 689 g/mol. The molecule has 8 atom stereocenters. The van der Waals surface area contributed by atoms with E-state index < -0.39 is 0 Å². The second kappa shape index (κ2) is 23.3. The Hall–Kier alpha value is -2.36. The smallest absolute Gasteiger partial charge is 0.159 e. The fourth-order valence-corrected chi connectivity index (χ4v) is 11.6. The van der Waals surface area contributed by atoms with Crippen molar-refractivity contribution in [2.75, 3.05) is 0 Å². The summed E-state index contributed by atoms with van der Waals surface area (Å²) < 4.78 is 0. The predicted octanol–water partition coefficient (Wildman–Crippen LogP) is 14.4. The van der Waals surface area contributed by atoms with E-state index in [2.05, 4.69) is 83.1 Å². The van der Waals surface area contributed by atoms with Gasteiger partial charge in [-0.2, -0.15) is 0 Å². The van der Waals surface area contributed by atoms with Crippen LogP contribution in [0.2, 0.25) is 0 Å². The summed E-state index contributed by atoms with van der Waals surface area (Å²) >= 11 is 0. The van der Waals surface area contributed by atoms with Crippen LogP contribution in [0.5, 0.6) is 0 Å². The second-order valence-corrected chi connectivity index (χ2v) is 21.0. The van der Waals surface area contributed by atoms with Crippen LogP contribution in [-0.4, -0.2) is 23.1 Å². The van der Waals surface area contributed by atoms with Crippen molar-refractivity contribution >= 4 is 23.1 Å². The molecule has 4 aliphatic carbocycles. The first kappa shape index (κ1) is 51.7. The molecule has 0 saturated heterocycles. The molecule has 4 fully saturated rings. The topological polar surface area (TPSA) is 68.3 Å². The van der Waals surface area contributed by atoms with Crippen molar-refractivity contribution < 1.29 is 19.2 Å². The highest BCUT2D eigenvalue weighted by Crippen LogP contribution is 2.47. The Morgan fingerprint density at radius 3 is 0.643 bits per heavy atom. The number of hydrogen-bond acceptors (Lipinski definition) is 4. The van der Waals surface area contributed by atoms with E-state index in [4.69, 9.17) is 0 Å². The first-order chi connectivity index (χ1) is 25.9. The standard InChI is InChI=1S/4C13H22O/c4*1-5-7-11(14)12-10(2)8-6-9-13(12,3)4/h4*5,7,10,12H,6,8-9H2,1-4H3/t2*10-,12+;2*10-,12-/m1010/s1. The van der Waals surface area contributed by atoms with Gasteiger partial charge in [0.15, 0.2) is 23.1 Å². The van der Waals surface area contributed by atoms with Crippen LogP contribution in [0.3, 0.4) is 0 Å². The van der Waals surface area contributed by atoms with Crippen molar-refractivity contribution in [3.63, 3.8) is 0 Å². The van der Waals surface area contributed by atoms with Crippen LogP contribution >= 0.6 is 0 Å². The molecule has 0 amide bonds. The Kier molecular flexibility index (Phi) is 21.5. The monoisotopic (exact) mass is 777 g/mol. The van der Waals surface area contributed by atoms with Crippen LogP contribution in [0, 0.1) is 69.0 Å².